The molecule has 2 amide bonds. The van der Waals surface area contributed by atoms with Crippen LogP contribution >= 0.6 is 0 Å². The molecule has 5 rings (SSSR count). The van der Waals surface area contributed by atoms with Gasteiger partial charge in [-0.2, -0.15) is 5.10 Å². The van der Waals surface area contributed by atoms with E-state index in [0.717, 1.165) is 53.5 Å². The van der Waals surface area contributed by atoms with Crippen LogP contribution in [0.15, 0.2) is 54.7 Å². The van der Waals surface area contributed by atoms with Crippen molar-refractivity contribution in [3.63, 3.8) is 0 Å². The summed E-state index contributed by atoms with van der Waals surface area (Å²) in [7, 11) is 1.52. The number of hydrogen-bond acceptors (Lipinski definition) is 6. The molecule has 9 nitrogen and oxygen atoms in total. The average molecular weight is 629 g/mol. The highest BCUT2D eigenvalue weighted by atomic mass is 19.1. The zero-order valence-corrected chi connectivity index (χ0v) is 27.3. The minimum absolute atomic E-state index is 0.0753. The van der Waals surface area contributed by atoms with Crippen molar-refractivity contribution in [1.82, 2.24) is 30.3 Å². The minimum Gasteiger partial charge on any atom is -0.496 e. The van der Waals surface area contributed by atoms with Gasteiger partial charge in [0.1, 0.15) is 17.3 Å². The molecule has 244 valence electrons. The first kappa shape index (κ1) is 33.1. The minimum atomic E-state index is -0.417. The molecule has 0 bridgehead atoms. The molecule has 2 unspecified atom stereocenters. The van der Waals surface area contributed by atoms with Crippen molar-refractivity contribution in [2.24, 2.45) is 0 Å². The summed E-state index contributed by atoms with van der Waals surface area (Å²) in [6.45, 7) is 8.20. The van der Waals surface area contributed by atoms with Gasteiger partial charge in [-0.15, -0.1) is 0 Å². The van der Waals surface area contributed by atoms with Crippen LogP contribution in [0.5, 0.6) is 5.75 Å². The van der Waals surface area contributed by atoms with Crippen LogP contribution in [-0.4, -0.2) is 75.6 Å². The molecule has 2 aromatic carbocycles. The summed E-state index contributed by atoms with van der Waals surface area (Å²) in [5.74, 6) is -0.0594. The highest BCUT2D eigenvalue weighted by molar-refractivity contribution is 6.01. The fourth-order valence-corrected chi connectivity index (χ4v) is 6.28. The number of unbranched alkanes of at least 4 members (excludes halogenated alkanes) is 2. The standard InChI is InChI=1S/C36H45FN6O3/c1-5-7-18-42(19-8-6-2)36(45)32-15-13-27(22-43(32)23-29-30(37)10-9-11-33(29)46-4)39-35(44)26-12-14-31-28(21-26)34(41-40-31)25-16-17-38-24(3)20-25/h9-12,14,16-17,20-21,27,32H,5-8,13,15,18-19,22-23H2,1-4H3,(H,39,44)(H,40,41). The molecule has 0 radical (unpaired) electrons. The Balaban J connectivity index is 1.38. The Morgan fingerprint density at radius 2 is 1.87 bits per heavy atom. The molecule has 1 saturated heterocycles. The molecule has 2 atom stereocenters. The van der Waals surface area contributed by atoms with Crippen LogP contribution in [0.4, 0.5) is 4.39 Å². The second-order valence-electron chi connectivity index (χ2n) is 12.2. The molecule has 2 N–H and O–H groups in total. The number of ether oxygens (including phenoxy) is 1. The van der Waals surface area contributed by atoms with E-state index in [1.807, 2.05) is 41.0 Å². The molecular formula is C36H45FN6O3. The molecule has 0 spiro atoms. The van der Waals surface area contributed by atoms with Crippen molar-refractivity contribution in [3.05, 3.63) is 77.4 Å². The lowest BCUT2D eigenvalue weighted by molar-refractivity contribution is -0.139. The largest absolute Gasteiger partial charge is 0.496 e. The smallest absolute Gasteiger partial charge is 0.251 e. The molecule has 46 heavy (non-hydrogen) atoms. The van der Waals surface area contributed by atoms with Gasteiger partial charge in [0.15, 0.2) is 0 Å². The second-order valence-corrected chi connectivity index (χ2v) is 12.2. The number of benzene rings is 2. The molecule has 4 aromatic rings. The summed E-state index contributed by atoms with van der Waals surface area (Å²) < 4.78 is 20.6. The topological polar surface area (TPSA) is 103 Å². The molecule has 0 saturated carbocycles. The van der Waals surface area contributed by atoms with Crippen molar-refractivity contribution in [2.45, 2.75) is 77.9 Å². The number of H-pyrrole nitrogens is 1. The number of amides is 2. The van der Waals surface area contributed by atoms with E-state index in [-0.39, 0.29) is 30.2 Å². The summed E-state index contributed by atoms with van der Waals surface area (Å²) in [5, 5.41) is 11.6. The monoisotopic (exact) mass is 628 g/mol. The third-order valence-electron chi connectivity index (χ3n) is 8.83. The number of rotatable bonds is 13. The molecule has 2 aromatic heterocycles. The van der Waals surface area contributed by atoms with Gasteiger partial charge in [0, 0.05) is 66.2 Å². The Morgan fingerprint density at radius 3 is 2.59 bits per heavy atom. The van der Waals surface area contributed by atoms with Gasteiger partial charge < -0.3 is 15.0 Å². The van der Waals surface area contributed by atoms with Gasteiger partial charge in [-0.3, -0.25) is 24.6 Å². The summed E-state index contributed by atoms with van der Waals surface area (Å²) in [6.07, 6.45) is 6.81. The fourth-order valence-electron chi connectivity index (χ4n) is 6.28. The highest BCUT2D eigenvalue weighted by Crippen LogP contribution is 2.30. The summed E-state index contributed by atoms with van der Waals surface area (Å²) in [4.78, 5) is 35.9. The van der Waals surface area contributed by atoms with Crippen LogP contribution < -0.4 is 10.1 Å². The van der Waals surface area contributed by atoms with Gasteiger partial charge in [0.05, 0.1) is 18.7 Å². The molecule has 1 aliphatic heterocycles. The summed E-state index contributed by atoms with van der Waals surface area (Å²) in [6, 6.07) is 13.5. The Morgan fingerprint density at radius 1 is 1.09 bits per heavy atom. The number of likely N-dealkylation sites (tertiary alicyclic amines) is 1. The number of carbonyl (C=O) groups excluding carboxylic acids is 2. The Bertz CT molecular complexity index is 1650. The SMILES string of the molecule is CCCCN(CCCC)C(=O)C1CCC(NC(=O)c2ccc3[nH]nc(-c4ccnc(C)c4)c3c2)CN1Cc1c(F)cccc1OC. The van der Waals surface area contributed by atoms with E-state index < -0.39 is 6.04 Å². The number of nitrogens with zero attached hydrogens (tertiary/aromatic N) is 4. The maximum atomic E-state index is 15.1. The van der Waals surface area contributed by atoms with Gasteiger partial charge in [-0.1, -0.05) is 32.8 Å². The van der Waals surface area contributed by atoms with Crippen LogP contribution in [0, 0.1) is 12.7 Å². The van der Waals surface area contributed by atoms with Crippen molar-refractivity contribution in [2.75, 3.05) is 26.7 Å². The molecule has 3 heterocycles. The third kappa shape index (κ3) is 7.55. The summed E-state index contributed by atoms with van der Waals surface area (Å²) >= 11 is 0. The van der Waals surface area contributed by atoms with E-state index in [9.17, 15) is 9.59 Å². The number of fused-ring (bicyclic) bond motifs is 1. The van der Waals surface area contributed by atoms with Gasteiger partial charge in [-0.05, 0) is 75.1 Å². The van der Waals surface area contributed by atoms with Crippen molar-refractivity contribution < 1.29 is 18.7 Å². The number of pyridine rings is 1. The molecule has 1 aliphatic rings. The Kier molecular flexibility index (Phi) is 11.0. The Labute approximate surface area is 270 Å². The molecule has 10 heteroatoms. The first-order valence-electron chi connectivity index (χ1n) is 16.4. The lowest BCUT2D eigenvalue weighted by Crippen LogP contribution is -2.57. The third-order valence-corrected chi connectivity index (χ3v) is 8.83. The van der Waals surface area contributed by atoms with Gasteiger partial charge in [-0.25, -0.2) is 4.39 Å². The van der Waals surface area contributed by atoms with Crippen LogP contribution in [-0.2, 0) is 11.3 Å². The lowest BCUT2D eigenvalue weighted by Gasteiger charge is -2.41. The number of carbonyl (C=O) groups is 2. The number of piperidine rings is 1. The number of methoxy groups -OCH3 is 1. The van der Waals surface area contributed by atoms with Crippen LogP contribution in [0.25, 0.3) is 22.2 Å². The lowest BCUT2D eigenvalue weighted by atomic mass is 9.95. The van der Waals surface area contributed by atoms with Crippen molar-refractivity contribution in [1.29, 1.82) is 0 Å². The van der Waals surface area contributed by atoms with Gasteiger partial charge in [0.2, 0.25) is 5.91 Å². The number of aryl methyl sites for hydroxylation is 1. The number of aromatic nitrogens is 3. The van der Waals surface area contributed by atoms with Gasteiger partial charge >= 0.3 is 0 Å². The van der Waals surface area contributed by atoms with E-state index in [0.29, 0.717) is 49.4 Å². The van der Waals surface area contributed by atoms with E-state index in [2.05, 4.69) is 34.3 Å². The van der Waals surface area contributed by atoms with Crippen LogP contribution in [0.1, 0.15) is 74.0 Å². The maximum absolute atomic E-state index is 15.1. The highest BCUT2D eigenvalue weighted by Gasteiger charge is 2.36. The van der Waals surface area contributed by atoms with Gasteiger partial charge in [0.25, 0.3) is 5.91 Å². The first-order valence-corrected chi connectivity index (χ1v) is 16.4. The second kappa shape index (κ2) is 15.3. The number of hydrogen-bond donors (Lipinski definition) is 2. The zero-order chi connectivity index (χ0) is 32.6. The molecule has 1 fully saturated rings. The van der Waals surface area contributed by atoms with E-state index in [4.69, 9.17) is 4.74 Å². The van der Waals surface area contributed by atoms with E-state index >= 15 is 4.39 Å². The molecule has 0 aliphatic carbocycles. The fraction of sp³-hybridized carbons (Fsp3) is 0.444. The Hall–Kier alpha value is -4.31. The van der Waals surface area contributed by atoms with E-state index in [1.165, 1.54) is 13.2 Å². The van der Waals surface area contributed by atoms with Crippen LogP contribution in [0.2, 0.25) is 0 Å². The van der Waals surface area contributed by atoms with E-state index in [1.54, 1.807) is 24.4 Å². The van der Waals surface area contributed by atoms with Crippen molar-refractivity contribution >= 4 is 22.7 Å². The van der Waals surface area contributed by atoms with Crippen LogP contribution in [0.3, 0.4) is 0 Å². The van der Waals surface area contributed by atoms with Crippen molar-refractivity contribution in [3.8, 4) is 17.0 Å². The average Bonchev–Trinajstić information content (AvgIpc) is 3.49. The summed E-state index contributed by atoms with van der Waals surface area (Å²) in [5.41, 5.74) is 4.33. The first-order chi connectivity index (χ1) is 22.3. The zero-order valence-electron chi connectivity index (χ0n) is 27.3. The number of nitrogens with one attached hydrogen (secondary N) is 2. The predicted octanol–water partition coefficient (Wildman–Crippen LogP) is 6.27. The maximum Gasteiger partial charge on any atom is 0.251 e. The molecular weight excluding hydrogens is 583 g/mol. The normalized spacial score (nSPS) is 16.8. The quantitative estimate of drug-likeness (QED) is 0.181. The predicted molar refractivity (Wildman–Crippen MR) is 178 cm³/mol. The number of aromatic amines is 1. The number of halogens is 1.